The molecule has 1 aromatic heterocycles. The molecule has 0 saturated heterocycles. The lowest BCUT2D eigenvalue weighted by molar-refractivity contribution is -0.131. The van der Waals surface area contributed by atoms with E-state index in [1.807, 2.05) is 24.3 Å². The SMILES string of the molecule is CC(=CC(=O)O)Cn1c(=O)n(C)c2ccccc21. The van der Waals surface area contributed by atoms with Crippen LogP contribution in [0.15, 0.2) is 40.7 Å². The van der Waals surface area contributed by atoms with E-state index >= 15 is 0 Å². The van der Waals surface area contributed by atoms with Crippen molar-refractivity contribution in [2.24, 2.45) is 7.05 Å². The first kappa shape index (κ1) is 12.2. The van der Waals surface area contributed by atoms with E-state index in [4.69, 9.17) is 5.11 Å². The molecule has 0 radical (unpaired) electrons. The lowest BCUT2D eigenvalue weighted by atomic mass is 10.2. The first-order valence-electron chi connectivity index (χ1n) is 5.55. The number of aliphatic carboxylic acids is 1. The van der Waals surface area contributed by atoms with Crippen molar-refractivity contribution in [3.05, 3.63) is 46.4 Å². The van der Waals surface area contributed by atoms with Crippen LogP contribution in [0.5, 0.6) is 0 Å². The van der Waals surface area contributed by atoms with Crippen molar-refractivity contribution in [1.82, 2.24) is 9.13 Å². The van der Waals surface area contributed by atoms with E-state index in [1.165, 1.54) is 0 Å². The monoisotopic (exact) mass is 246 g/mol. The van der Waals surface area contributed by atoms with Crippen LogP contribution in [-0.2, 0) is 18.4 Å². The molecule has 0 aliphatic heterocycles. The number of aryl methyl sites for hydroxylation is 1. The third-order valence-corrected chi connectivity index (χ3v) is 2.83. The van der Waals surface area contributed by atoms with Crippen LogP contribution in [-0.4, -0.2) is 20.2 Å². The van der Waals surface area contributed by atoms with Crippen LogP contribution < -0.4 is 5.69 Å². The molecule has 1 N–H and O–H groups in total. The molecule has 2 rings (SSSR count). The molecule has 0 amide bonds. The maximum atomic E-state index is 12.1. The summed E-state index contributed by atoms with van der Waals surface area (Å²) in [5.74, 6) is -0.999. The topological polar surface area (TPSA) is 64.2 Å². The van der Waals surface area contributed by atoms with E-state index in [2.05, 4.69) is 0 Å². The highest BCUT2D eigenvalue weighted by atomic mass is 16.4. The van der Waals surface area contributed by atoms with Crippen LogP contribution in [0.3, 0.4) is 0 Å². The van der Waals surface area contributed by atoms with Gasteiger partial charge in [-0.2, -0.15) is 0 Å². The summed E-state index contributed by atoms with van der Waals surface area (Å²) in [7, 11) is 1.71. The van der Waals surface area contributed by atoms with Crippen LogP contribution in [0.25, 0.3) is 11.0 Å². The van der Waals surface area contributed by atoms with Crippen LogP contribution >= 0.6 is 0 Å². The van der Waals surface area contributed by atoms with Crippen LogP contribution in [0.2, 0.25) is 0 Å². The van der Waals surface area contributed by atoms with Crippen molar-refractivity contribution >= 4 is 17.0 Å². The lowest BCUT2D eigenvalue weighted by Gasteiger charge is -2.02. The number of para-hydroxylation sites is 2. The Balaban J connectivity index is 2.55. The van der Waals surface area contributed by atoms with E-state index in [0.717, 1.165) is 17.1 Å². The summed E-state index contributed by atoms with van der Waals surface area (Å²) >= 11 is 0. The molecule has 0 spiro atoms. The number of hydrogen-bond donors (Lipinski definition) is 1. The molecule has 0 fully saturated rings. The van der Waals surface area contributed by atoms with Gasteiger partial charge in [0.25, 0.3) is 0 Å². The smallest absolute Gasteiger partial charge is 0.329 e. The molecule has 5 nitrogen and oxygen atoms in total. The van der Waals surface area contributed by atoms with E-state index < -0.39 is 5.97 Å². The largest absolute Gasteiger partial charge is 0.478 e. The van der Waals surface area contributed by atoms with Crippen LogP contribution in [0.1, 0.15) is 6.92 Å². The normalized spacial score (nSPS) is 12.0. The highest BCUT2D eigenvalue weighted by molar-refractivity contribution is 5.80. The fourth-order valence-corrected chi connectivity index (χ4v) is 2.02. The number of carboxylic acids is 1. The molecule has 0 bridgehead atoms. The summed E-state index contributed by atoms with van der Waals surface area (Å²) in [6.07, 6.45) is 1.12. The molecule has 18 heavy (non-hydrogen) atoms. The molecule has 1 aromatic carbocycles. The molecule has 94 valence electrons. The number of imidazole rings is 1. The maximum Gasteiger partial charge on any atom is 0.329 e. The highest BCUT2D eigenvalue weighted by Gasteiger charge is 2.10. The predicted molar refractivity (Wildman–Crippen MR) is 68.6 cm³/mol. The first-order chi connectivity index (χ1) is 8.50. The van der Waals surface area contributed by atoms with Crippen molar-refractivity contribution in [2.45, 2.75) is 13.5 Å². The highest BCUT2D eigenvalue weighted by Crippen LogP contribution is 2.12. The second kappa shape index (κ2) is 4.52. The molecule has 2 aromatic rings. The quantitative estimate of drug-likeness (QED) is 0.832. The van der Waals surface area contributed by atoms with Gasteiger partial charge in [-0.3, -0.25) is 9.13 Å². The average molecular weight is 246 g/mol. The standard InChI is InChI=1S/C13H14N2O3/c1-9(7-12(16)17)8-15-11-6-4-3-5-10(11)14(2)13(15)18/h3-7H,8H2,1-2H3,(H,16,17). The van der Waals surface area contributed by atoms with Gasteiger partial charge in [0, 0.05) is 19.7 Å². The van der Waals surface area contributed by atoms with Gasteiger partial charge in [-0.1, -0.05) is 12.1 Å². The van der Waals surface area contributed by atoms with Gasteiger partial charge < -0.3 is 5.11 Å². The van der Waals surface area contributed by atoms with Gasteiger partial charge in [-0.25, -0.2) is 9.59 Å². The fourth-order valence-electron chi connectivity index (χ4n) is 2.02. The van der Waals surface area contributed by atoms with Gasteiger partial charge in [-0.05, 0) is 24.6 Å². The zero-order chi connectivity index (χ0) is 13.3. The number of nitrogens with zero attached hydrogens (tertiary/aromatic N) is 2. The Morgan fingerprint density at radius 1 is 1.33 bits per heavy atom. The summed E-state index contributed by atoms with van der Waals surface area (Å²) in [5.41, 5.74) is 2.13. The number of hydrogen-bond acceptors (Lipinski definition) is 2. The number of rotatable bonds is 3. The van der Waals surface area contributed by atoms with Gasteiger partial charge in [-0.15, -0.1) is 0 Å². The number of carbonyl (C=O) groups is 1. The number of fused-ring (bicyclic) bond motifs is 1. The van der Waals surface area contributed by atoms with E-state index in [1.54, 1.807) is 23.1 Å². The zero-order valence-electron chi connectivity index (χ0n) is 10.3. The summed E-state index contributed by atoms with van der Waals surface area (Å²) < 4.78 is 3.13. The molecular formula is C13H14N2O3. The van der Waals surface area contributed by atoms with Crippen molar-refractivity contribution in [2.75, 3.05) is 0 Å². The molecular weight excluding hydrogens is 232 g/mol. The van der Waals surface area contributed by atoms with Gasteiger partial charge >= 0.3 is 11.7 Å². The van der Waals surface area contributed by atoms with Gasteiger partial charge in [0.05, 0.1) is 11.0 Å². The van der Waals surface area contributed by atoms with Crippen molar-refractivity contribution in [1.29, 1.82) is 0 Å². The summed E-state index contributed by atoms with van der Waals surface area (Å²) in [6.45, 7) is 1.98. The Bertz CT molecular complexity index is 692. The molecule has 0 unspecified atom stereocenters. The third kappa shape index (κ3) is 2.07. The number of carboxylic acid groups (broad SMARTS) is 1. The second-order valence-electron chi connectivity index (χ2n) is 4.25. The maximum absolute atomic E-state index is 12.1. The Labute approximate surface area is 104 Å². The van der Waals surface area contributed by atoms with Gasteiger partial charge in [0.2, 0.25) is 0 Å². The number of benzene rings is 1. The number of allylic oxidation sites excluding steroid dienone is 1. The van der Waals surface area contributed by atoms with Crippen molar-refractivity contribution < 1.29 is 9.90 Å². The van der Waals surface area contributed by atoms with Gasteiger partial charge in [0.15, 0.2) is 0 Å². The first-order valence-corrected chi connectivity index (χ1v) is 5.55. The van der Waals surface area contributed by atoms with E-state index in [-0.39, 0.29) is 12.2 Å². The Morgan fingerprint density at radius 2 is 1.94 bits per heavy atom. The minimum Gasteiger partial charge on any atom is -0.478 e. The zero-order valence-corrected chi connectivity index (χ0v) is 10.3. The lowest BCUT2D eigenvalue weighted by Crippen LogP contribution is -2.22. The molecule has 5 heteroatoms. The molecule has 0 aliphatic rings. The molecule has 1 heterocycles. The Kier molecular flexibility index (Phi) is 3.06. The average Bonchev–Trinajstić information content (AvgIpc) is 2.54. The van der Waals surface area contributed by atoms with Crippen molar-refractivity contribution in [3.63, 3.8) is 0 Å². The van der Waals surface area contributed by atoms with Gasteiger partial charge in [0.1, 0.15) is 0 Å². The molecule has 0 aliphatic carbocycles. The van der Waals surface area contributed by atoms with Crippen LogP contribution in [0.4, 0.5) is 0 Å². The Hall–Kier alpha value is -2.30. The molecule has 0 saturated carbocycles. The predicted octanol–water partition coefficient (Wildman–Crippen LogP) is 1.37. The van der Waals surface area contributed by atoms with E-state index in [0.29, 0.717) is 5.57 Å². The Morgan fingerprint density at radius 3 is 2.56 bits per heavy atom. The fraction of sp³-hybridized carbons (Fsp3) is 0.231. The van der Waals surface area contributed by atoms with Crippen molar-refractivity contribution in [3.8, 4) is 0 Å². The second-order valence-corrected chi connectivity index (χ2v) is 4.25. The minimum atomic E-state index is -0.999. The third-order valence-electron chi connectivity index (χ3n) is 2.83. The summed E-state index contributed by atoms with van der Waals surface area (Å²) in [5, 5.41) is 8.68. The summed E-state index contributed by atoms with van der Waals surface area (Å²) in [4.78, 5) is 22.6. The minimum absolute atomic E-state index is 0.144. The molecule has 0 atom stereocenters. The van der Waals surface area contributed by atoms with Crippen LogP contribution in [0, 0.1) is 0 Å². The van der Waals surface area contributed by atoms with E-state index in [9.17, 15) is 9.59 Å². The summed E-state index contributed by atoms with van der Waals surface area (Å²) in [6, 6.07) is 7.44. The number of aromatic nitrogens is 2.